The Morgan fingerprint density at radius 2 is 2.00 bits per heavy atom. The highest BCUT2D eigenvalue weighted by molar-refractivity contribution is 6.05. The maximum absolute atomic E-state index is 11.5. The molecule has 0 bridgehead atoms. The minimum absolute atomic E-state index is 0.134. The van der Waals surface area contributed by atoms with Gasteiger partial charge in [-0.05, 0) is 6.07 Å². The first-order valence-electron chi connectivity index (χ1n) is 4.79. The molecule has 1 heterocycles. The Labute approximate surface area is 99.3 Å². The summed E-state index contributed by atoms with van der Waals surface area (Å²) in [6.07, 6.45) is 0. The first kappa shape index (κ1) is 11.9. The normalized spacial score (nSPS) is 21.3. The molecule has 0 aliphatic carbocycles. The van der Waals surface area contributed by atoms with E-state index in [1.54, 1.807) is 0 Å². The molecule has 0 radical (unpaired) electrons. The molecule has 1 aliphatic heterocycles. The number of nitro benzene ring substituents is 1. The van der Waals surface area contributed by atoms with Crippen molar-refractivity contribution in [2.24, 2.45) is 0 Å². The van der Waals surface area contributed by atoms with Crippen LogP contribution in [0.2, 0.25) is 0 Å². The minimum atomic E-state index is -2.37. The Kier molecular flexibility index (Phi) is 2.47. The number of amides is 1. The van der Waals surface area contributed by atoms with Crippen molar-refractivity contribution >= 4 is 17.3 Å². The van der Waals surface area contributed by atoms with Crippen molar-refractivity contribution in [2.45, 2.75) is 5.60 Å². The largest absolute Gasteiger partial charge is 0.370 e. The molecular formula is C9H7N3O6. The number of non-ortho nitro benzene ring substituents is 1. The average molecular weight is 253 g/mol. The van der Waals surface area contributed by atoms with E-state index in [0.29, 0.717) is 0 Å². The van der Waals surface area contributed by atoms with Gasteiger partial charge in [-0.2, -0.15) is 0 Å². The Morgan fingerprint density at radius 1 is 1.33 bits per heavy atom. The third-order valence-corrected chi connectivity index (χ3v) is 2.64. The smallest absolute Gasteiger partial charge is 0.269 e. The van der Waals surface area contributed by atoms with Gasteiger partial charge < -0.3 is 10.4 Å². The van der Waals surface area contributed by atoms with Crippen LogP contribution in [-0.4, -0.2) is 27.4 Å². The van der Waals surface area contributed by atoms with Gasteiger partial charge in [-0.25, -0.2) is 0 Å². The van der Waals surface area contributed by atoms with E-state index in [1.807, 2.05) is 0 Å². The SMILES string of the molecule is O=C1Nc2ccc([N+](=O)[O-])cc2[C@]1(O)C[N+](=O)[O-]. The lowest BCUT2D eigenvalue weighted by Gasteiger charge is -2.14. The van der Waals surface area contributed by atoms with Gasteiger partial charge in [0.2, 0.25) is 12.1 Å². The highest BCUT2D eigenvalue weighted by Crippen LogP contribution is 2.38. The maximum Gasteiger partial charge on any atom is 0.269 e. The topological polar surface area (TPSA) is 136 Å². The number of nitrogens with one attached hydrogen (secondary N) is 1. The van der Waals surface area contributed by atoms with Crippen LogP contribution in [0.1, 0.15) is 5.56 Å². The van der Waals surface area contributed by atoms with Crippen LogP contribution in [0.15, 0.2) is 18.2 Å². The summed E-state index contributed by atoms with van der Waals surface area (Å²) in [6.45, 7) is -1.05. The summed E-state index contributed by atoms with van der Waals surface area (Å²) in [4.78, 5) is 31.0. The van der Waals surface area contributed by atoms with E-state index in [9.17, 15) is 30.1 Å². The summed E-state index contributed by atoms with van der Waals surface area (Å²) in [5, 5.41) is 33.3. The second-order valence-corrected chi connectivity index (χ2v) is 3.79. The molecular weight excluding hydrogens is 246 g/mol. The number of fused-ring (bicyclic) bond motifs is 1. The van der Waals surface area contributed by atoms with Crippen LogP contribution in [-0.2, 0) is 10.4 Å². The predicted molar refractivity (Wildman–Crippen MR) is 57.5 cm³/mol. The van der Waals surface area contributed by atoms with Gasteiger partial charge in [-0.15, -0.1) is 0 Å². The molecule has 1 amide bonds. The summed E-state index contributed by atoms with van der Waals surface area (Å²) >= 11 is 0. The van der Waals surface area contributed by atoms with Crippen LogP contribution in [0.3, 0.4) is 0 Å². The van der Waals surface area contributed by atoms with Crippen molar-refractivity contribution in [1.29, 1.82) is 0 Å². The lowest BCUT2D eigenvalue weighted by atomic mass is 9.95. The van der Waals surface area contributed by atoms with Gasteiger partial charge in [0.15, 0.2) is 0 Å². The van der Waals surface area contributed by atoms with E-state index in [0.717, 1.165) is 12.1 Å². The summed E-state index contributed by atoms with van der Waals surface area (Å²) < 4.78 is 0. The van der Waals surface area contributed by atoms with Crippen molar-refractivity contribution in [3.63, 3.8) is 0 Å². The zero-order chi connectivity index (χ0) is 13.5. The number of carbonyl (C=O) groups excluding carboxylic acids is 1. The molecule has 0 saturated carbocycles. The average Bonchev–Trinajstić information content (AvgIpc) is 2.50. The molecule has 0 fully saturated rings. The molecule has 0 saturated heterocycles. The molecule has 1 aliphatic rings. The van der Waals surface area contributed by atoms with Crippen molar-refractivity contribution in [3.05, 3.63) is 44.0 Å². The standard InChI is InChI=1S/C9H7N3O6/c13-8-9(14,4-11(15)16)6-3-5(12(17)18)1-2-7(6)10-8/h1-3,14H,4H2,(H,10,13)/t9-/m1/s1. The molecule has 2 rings (SSSR count). The number of nitro groups is 2. The third kappa shape index (κ3) is 1.66. The fourth-order valence-corrected chi connectivity index (χ4v) is 1.79. The van der Waals surface area contributed by atoms with E-state index in [-0.39, 0.29) is 16.9 Å². The highest BCUT2D eigenvalue weighted by atomic mass is 16.6. The Bertz CT molecular complexity index is 571. The number of hydrogen-bond donors (Lipinski definition) is 2. The quantitative estimate of drug-likeness (QED) is 0.575. The number of anilines is 1. The number of hydrogen-bond acceptors (Lipinski definition) is 6. The molecule has 0 unspecified atom stereocenters. The fraction of sp³-hybridized carbons (Fsp3) is 0.222. The van der Waals surface area contributed by atoms with Crippen LogP contribution < -0.4 is 5.32 Å². The predicted octanol–water partition coefficient (Wildman–Crippen LogP) is 0.0112. The van der Waals surface area contributed by atoms with Gasteiger partial charge in [0.25, 0.3) is 11.6 Å². The van der Waals surface area contributed by atoms with E-state index in [1.165, 1.54) is 6.07 Å². The van der Waals surface area contributed by atoms with E-state index >= 15 is 0 Å². The molecule has 1 aromatic carbocycles. The lowest BCUT2D eigenvalue weighted by Crippen LogP contribution is -2.40. The van der Waals surface area contributed by atoms with Gasteiger partial charge in [0.1, 0.15) is 0 Å². The second kappa shape index (κ2) is 3.74. The summed E-state index contributed by atoms with van der Waals surface area (Å²) in [6, 6.07) is 3.32. The van der Waals surface area contributed by atoms with E-state index < -0.39 is 27.9 Å². The zero-order valence-corrected chi connectivity index (χ0v) is 8.82. The first-order valence-corrected chi connectivity index (χ1v) is 4.79. The Morgan fingerprint density at radius 3 is 2.56 bits per heavy atom. The van der Waals surface area contributed by atoms with Crippen molar-refractivity contribution in [2.75, 3.05) is 11.9 Å². The maximum atomic E-state index is 11.5. The summed E-state index contributed by atoms with van der Waals surface area (Å²) in [5.41, 5.74) is -2.74. The highest BCUT2D eigenvalue weighted by Gasteiger charge is 2.50. The van der Waals surface area contributed by atoms with Crippen LogP contribution >= 0.6 is 0 Å². The molecule has 1 aromatic rings. The van der Waals surface area contributed by atoms with Crippen LogP contribution in [0, 0.1) is 20.2 Å². The molecule has 2 N–H and O–H groups in total. The number of carbonyl (C=O) groups is 1. The van der Waals surface area contributed by atoms with Crippen LogP contribution in [0.5, 0.6) is 0 Å². The first-order chi connectivity index (χ1) is 8.34. The number of aliphatic hydroxyl groups is 1. The molecule has 9 heteroatoms. The number of rotatable bonds is 3. The molecule has 18 heavy (non-hydrogen) atoms. The lowest BCUT2D eigenvalue weighted by molar-refractivity contribution is -0.498. The third-order valence-electron chi connectivity index (χ3n) is 2.64. The van der Waals surface area contributed by atoms with Gasteiger partial charge in [0.05, 0.1) is 4.92 Å². The molecule has 9 nitrogen and oxygen atoms in total. The number of benzene rings is 1. The summed E-state index contributed by atoms with van der Waals surface area (Å²) in [7, 11) is 0. The number of nitrogens with zero attached hydrogens (tertiary/aromatic N) is 2. The minimum Gasteiger partial charge on any atom is -0.370 e. The Balaban J connectivity index is 2.55. The van der Waals surface area contributed by atoms with Gasteiger partial charge >= 0.3 is 0 Å². The summed E-state index contributed by atoms with van der Waals surface area (Å²) in [5.74, 6) is -0.963. The van der Waals surface area contributed by atoms with Crippen LogP contribution in [0.4, 0.5) is 11.4 Å². The van der Waals surface area contributed by atoms with Crippen molar-refractivity contribution in [1.82, 2.24) is 0 Å². The molecule has 1 atom stereocenters. The monoisotopic (exact) mass is 253 g/mol. The molecule has 94 valence electrons. The van der Waals surface area contributed by atoms with Crippen molar-refractivity contribution in [3.8, 4) is 0 Å². The molecule has 0 spiro atoms. The van der Waals surface area contributed by atoms with E-state index in [2.05, 4.69) is 5.32 Å². The van der Waals surface area contributed by atoms with Gasteiger partial charge in [0, 0.05) is 28.3 Å². The fourth-order valence-electron chi connectivity index (χ4n) is 1.79. The van der Waals surface area contributed by atoms with Crippen LogP contribution in [0.25, 0.3) is 0 Å². The second-order valence-electron chi connectivity index (χ2n) is 3.79. The zero-order valence-electron chi connectivity index (χ0n) is 8.82. The Hall–Kier alpha value is -2.55. The van der Waals surface area contributed by atoms with Gasteiger partial charge in [-0.1, -0.05) is 0 Å². The molecule has 0 aromatic heterocycles. The van der Waals surface area contributed by atoms with Gasteiger partial charge in [-0.3, -0.25) is 25.0 Å². The van der Waals surface area contributed by atoms with Crippen molar-refractivity contribution < 1.29 is 19.7 Å². The van der Waals surface area contributed by atoms with E-state index in [4.69, 9.17) is 0 Å².